The summed E-state index contributed by atoms with van der Waals surface area (Å²) in [6, 6.07) is 5.30. The Kier molecular flexibility index (Phi) is 8.85. The SMILES string of the molecule is CCNC(=NCC(O)c1cc(OC)ccc1OC)N1CCN(C(=O)OCC)CC1. The Balaban J connectivity index is 2.05. The molecular weight excluding hydrogens is 376 g/mol. The zero-order chi connectivity index (χ0) is 21.2. The van der Waals surface area contributed by atoms with Crippen molar-refractivity contribution in [3.63, 3.8) is 0 Å². The highest BCUT2D eigenvalue weighted by molar-refractivity contribution is 5.80. The number of aliphatic hydroxyl groups is 1. The van der Waals surface area contributed by atoms with Crippen LogP contribution in [-0.2, 0) is 4.74 Å². The number of amides is 1. The number of carbonyl (C=O) groups is 1. The van der Waals surface area contributed by atoms with Crippen LogP contribution in [-0.4, -0.2) is 87.1 Å². The summed E-state index contributed by atoms with van der Waals surface area (Å²) in [6.07, 6.45) is -1.12. The third-order valence-electron chi connectivity index (χ3n) is 4.65. The van der Waals surface area contributed by atoms with Gasteiger partial charge in [-0.2, -0.15) is 0 Å². The van der Waals surface area contributed by atoms with Crippen molar-refractivity contribution < 1.29 is 24.1 Å². The number of aliphatic imine (C=N–C) groups is 1. The zero-order valence-electron chi connectivity index (χ0n) is 17.7. The number of hydrogen-bond donors (Lipinski definition) is 2. The van der Waals surface area contributed by atoms with Gasteiger partial charge in [0.05, 0.1) is 27.4 Å². The van der Waals surface area contributed by atoms with E-state index in [0.717, 1.165) is 0 Å². The van der Waals surface area contributed by atoms with Crippen molar-refractivity contribution in [3.8, 4) is 11.5 Å². The van der Waals surface area contributed by atoms with Crippen LogP contribution >= 0.6 is 0 Å². The van der Waals surface area contributed by atoms with E-state index < -0.39 is 6.10 Å². The molecule has 1 aliphatic rings. The molecule has 9 heteroatoms. The minimum Gasteiger partial charge on any atom is -0.497 e. The van der Waals surface area contributed by atoms with Crippen LogP contribution in [0, 0.1) is 0 Å². The molecule has 162 valence electrons. The first-order valence-electron chi connectivity index (χ1n) is 9.88. The lowest BCUT2D eigenvalue weighted by Gasteiger charge is -2.36. The van der Waals surface area contributed by atoms with E-state index in [2.05, 4.69) is 15.2 Å². The van der Waals surface area contributed by atoms with Gasteiger partial charge in [-0.15, -0.1) is 0 Å². The number of hydrogen-bond acceptors (Lipinski definition) is 6. The molecule has 1 atom stereocenters. The fraction of sp³-hybridized carbons (Fsp3) is 0.600. The maximum Gasteiger partial charge on any atom is 0.409 e. The summed E-state index contributed by atoms with van der Waals surface area (Å²) in [4.78, 5) is 20.2. The molecule has 9 nitrogen and oxygen atoms in total. The summed E-state index contributed by atoms with van der Waals surface area (Å²) in [7, 11) is 3.14. The number of guanidine groups is 1. The van der Waals surface area contributed by atoms with E-state index in [9.17, 15) is 9.90 Å². The number of benzene rings is 1. The molecule has 29 heavy (non-hydrogen) atoms. The molecule has 2 N–H and O–H groups in total. The highest BCUT2D eigenvalue weighted by atomic mass is 16.6. The van der Waals surface area contributed by atoms with Gasteiger partial charge >= 0.3 is 6.09 Å². The average Bonchev–Trinajstić information content (AvgIpc) is 2.76. The number of nitrogens with one attached hydrogen (secondary N) is 1. The number of piperazine rings is 1. The molecule has 1 saturated heterocycles. The molecule has 1 amide bonds. The Morgan fingerprint density at radius 1 is 1.17 bits per heavy atom. The highest BCUT2D eigenvalue weighted by Gasteiger charge is 2.24. The molecule has 0 spiro atoms. The van der Waals surface area contributed by atoms with Crippen LogP contribution in [0.1, 0.15) is 25.5 Å². The summed E-state index contributed by atoms with van der Waals surface area (Å²) in [5.41, 5.74) is 0.624. The number of carbonyl (C=O) groups excluding carboxylic acids is 1. The first-order valence-corrected chi connectivity index (χ1v) is 9.88. The van der Waals surface area contributed by atoms with Gasteiger partial charge < -0.3 is 34.4 Å². The van der Waals surface area contributed by atoms with Gasteiger partial charge in [-0.25, -0.2) is 4.79 Å². The number of aliphatic hydroxyl groups excluding tert-OH is 1. The van der Waals surface area contributed by atoms with E-state index in [1.54, 1.807) is 44.2 Å². The van der Waals surface area contributed by atoms with Crippen LogP contribution in [0.5, 0.6) is 11.5 Å². The third kappa shape index (κ3) is 6.15. The van der Waals surface area contributed by atoms with Crippen molar-refractivity contribution in [2.24, 2.45) is 4.99 Å². The van der Waals surface area contributed by atoms with Crippen molar-refractivity contribution in [2.45, 2.75) is 20.0 Å². The van der Waals surface area contributed by atoms with Gasteiger partial charge in [0, 0.05) is 38.3 Å². The second-order valence-electron chi connectivity index (χ2n) is 6.49. The number of nitrogens with zero attached hydrogens (tertiary/aromatic N) is 3. The first kappa shape index (κ1) is 22.6. The summed E-state index contributed by atoms with van der Waals surface area (Å²) in [5, 5.41) is 13.9. The molecule has 1 unspecified atom stereocenters. The van der Waals surface area contributed by atoms with Gasteiger partial charge in [-0.1, -0.05) is 0 Å². The summed E-state index contributed by atoms with van der Waals surface area (Å²) < 4.78 is 15.7. The van der Waals surface area contributed by atoms with Crippen LogP contribution < -0.4 is 14.8 Å². The van der Waals surface area contributed by atoms with Crippen LogP contribution in [0.15, 0.2) is 23.2 Å². The van der Waals surface area contributed by atoms with Gasteiger partial charge in [0.15, 0.2) is 5.96 Å². The van der Waals surface area contributed by atoms with Crippen molar-refractivity contribution >= 4 is 12.1 Å². The summed E-state index contributed by atoms with van der Waals surface area (Å²) >= 11 is 0. The van der Waals surface area contributed by atoms with Gasteiger partial charge in [-0.3, -0.25) is 4.99 Å². The predicted molar refractivity (Wildman–Crippen MR) is 111 cm³/mol. The van der Waals surface area contributed by atoms with E-state index in [0.29, 0.717) is 62.4 Å². The lowest BCUT2D eigenvalue weighted by molar-refractivity contribution is 0.0914. The maximum atomic E-state index is 11.9. The van der Waals surface area contributed by atoms with Crippen LogP contribution in [0.4, 0.5) is 4.79 Å². The lowest BCUT2D eigenvalue weighted by Crippen LogP contribution is -2.54. The average molecular weight is 408 g/mol. The Morgan fingerprint density at radius 2 is 1.86 bits per heavy atom. The molecule has 1 aromatic carbocycles. The van der Waals surface area contributed by atoms with Crippen LogP contribution in [0.3, 0.4) is 0 Å². The molecule has 0 aromatic heterocycles. The van der Waals surface area contributed by atoms with Gasteiger partial charge in [-0.05, 0) is 32.0 Å². The number of rotatable bonds is 7. The van der Waals surface area contributed by atoms with Crippen molar-refractivity contribution in [1.82, 2.24) is 15.1 Å². The van der Waals surface area contributed by atoms with Crippen molar-refractivity contribution in [2.75, 3.05) is 60.1 Å². The van der Waals surface area contributed by atoms with Gasteiger partial charge in [0.2, 0.25) is 0 Å². The molecule has 0 aliphatic carbocycles. The standard InChI is InChI=1S/C20H32N4O5/c1-5-21-19(23-9-11-24(12-10-23)20(26)29-6-2)22-14-17(25)16-13-15(27-3)7-8-18(16)28-4/h7-8,13,17,25H,5-6,9-12,14H2,1-4H3,(H,21,22). The smallest absolute Gasteiger partial charge is 0.409 e. The minimum atomic E-state index is -0.838. The first-order chi connectivity index (χ1) is 14.0. The fourth-order valence-electron chi connectivity index (χ4n) is 3.11. The number of ether oxygens (including phenoxy) is 3. The Labute approximate surface area is 172 Å². The lowest BCUT2D eigenvalue weighted by atomic mass is 10.1. The minimum absolute atomic E-state index is 0.171. The Bertz CT molecular complexity index is 689. The zero-order valence-corrected chi connectivity index (χ0v) is 17.7. The van der Waals surface area contributed by atoms with Crippen molar-refractivity contribution in [3.05, 3.63) is 23.8 Å². The molecule has 1 fully saturated rings. The van der Waals surface area contributed by atoms with Crippen molar-refractivity contribution in [1.29, 1.82) is 0 Å². The van der Waals surface area contributed by atoms with Crippen LogP contribution in [0.2, 0.25) is 0 Å². The largest absolute Gasteiger partial charge is 0.497 e. The molecule has 2 rings (SSSR count). The van der Waals surface area contributed by atoms with E-state index in [1.165, 1.54) is 0 Å². The highest BCUT2D eigenvalue weighted by Crippen LogP contribution is 2.29. The summed E-state index contributed by atoms with van der Waals surface area (Å²) in [5.74, 6) is 1.93. The molecule has 0 bridgehead atoms. The fourth-order valence-corrected chi connectivity index (χ4v) is 3.11. The Morgan fingerprint density at radius 3 is 2.45 bits per heavy atom. The molecule has 1 heterocycles. The van der Waals surface area contributed by atoms with Gasteiger partial charge in [0.1, 0.15) is 17.6 Å². The molecule has 0 saturated carbocycles. The molecular formula is C20H32N4O5. The van der Waals surface area contributed by atoms with E-state index >= 15 is 0 Å². The normalized spacial score (nSPS) is 15.7. The molecule has 1 aromatic rings. The second kappa shape index (κ2) is 11.4. The van der Waals surface area contributed by atoms with E-state index in [-0.39, 0.29) is 12.6 Å². The van der Waals surface area contributed by atoms with E-state index in [4.69, 9.17) is 14.2 Å². The Hall–Kier alpha value is -2.68. The van der Waals surface area contributed by atoms with Crippen LogP contribution in [0.25, 0.3) is 0 Å². The molecule has 1 aliphatic heterocycles. The second-order valence-corrected chi connectivity index (χ2v) is 6.49. The predicted octanol–water partition coefficient (Wildman–Crippen LogP) is 1.48. The summed E-state index contributed by atoms with van der Waals surface area (Å²) in [6.45, 7) is 7.45. The number of methoxy groups -OCH3 is 2. The topological polar surface area (TPSA) is 95.9 Å². The molecule has 0 radical (unpaired) electrons. The monoisotopic (exact) mass is 408 g/mol. The van der Waals surface area contributed by atoms with Gasteiger partial charge in [0.25, 0.3) is 0 Å². The maximum absolute atomic E-state index is 11.9. The quantitative estimate of drug-likeness (QED) is 0.521. The third-order valence-corrected chi connectivity index (χ3v) is 4.65. The van der Waals surface area contributed by atoms with E-state index in [1.807, 2.05) is 6.92 Å².